The van der Waals surface area contributed by atoms with Crippen LogP contribution in [-0.4, -0.2) is 38.2 Å². The second-order valence-corrected chi connectivity index (χ2v) is 5.54. The van der Waals surface area contributed by atoms with Crippen molar-refractivity contribution in [3.05, 3.63) is 23.2 Å². The van der Waals surface area contributed by atoms with Crippen LogP contribution in [0.1, 0.15) is 37.4 Å². The van der Waals surface area contributed by atoms with E-state index in [1.807, 2.05) is 6.92 Å². The Morgan fingerprint density at radius 2 is 2.11 bits per heavy atom. The molecule has 1 heterocycles. The van der Waals surface area contributed by atoms with Crippen LogP contribution in [0.3, 0.4) is 0 Å². The van der Waals surface area contributed by atoms with Gasteiger partial charge in [0.05, 0.1) is 13.2 Å². The summed E-state index contributed by atoms with van der Waals surface area (Å²) >= 11 is 0. The summed E-state index contributed by atoms with van der Waals surface area (Å²) in [6.07, 6.45) is 1.06. The van der Waals surface area contributed by atoms with E-state index in [1.165, 1.54) is 0 Å². The molecule has 1 N–H and O–H groups in total. The van der Waals surface area contributed by atoms with Gasteiger partial charge in [-0.2, -0.15) is 0 Å². The van der Waals surface area contributed by atoms with E-state index in [9.17, 15) is 0 Å². The van der Waals surface area contributed by atoms with Crippen molar-refractivity contribution < 1.29 is 9.15 Å². The van der Waals surface area contributed by atoms with E-state index in [2.05, 4.69) is 44.2 Å². The van der Waals surface area contributed by atoms with Crippen molar-refractivity contribution in [1.82, 2.24) is 10.2 Å². The van der Waals surface area contributed by atoms with Crippen molar-refractivity contribution in [3.8, 4) is 0 Å². The van der Waals surface area contributed by atoms with Crippen LogP contribution in [-0.2, 0) is 17.9 Å². The molecule has 0 bridgehead atoms. The van der Waals surface area contributed by atoms with E-state index in [-0.39, 0.29) is 0 Å². The van der Waals surface area contributed by atoms with Gasteiger partial charge in [0.2, 0.25) is 0 Å². The molecule has 0 saturated heterocycles. The van der Waals surface area contributed by atoms with Crippen LogP contribution < -0.4 is 5.32 Å². The van der Waals surface area contributed by atoms with Gasteiger partial charge < -0.3 is 19.4 Å². The molecule has 4 nitrogen and oxygen atoms in total. The normalized spacial score (nSPS) is 11.7. The van der Waals surface area contributed by atoms with E-state index >= 15 is 0 Å². The lowest BCUT2D eigenvalue weighted by Gasteiger charge is -2.09. The number of hydrogen-bond donors (Lipinski definition) is 1. The predicted molar refractivity (Wildman–Crippen MR) is 78.2 cm³/mol. The maximum atomic E-state index is 5.71. The monoisotopic (exact) mass is 268 g/mol. The van der Waals surface area contributed by atoms with E-state index in [4.69, 9.17) is 9.15 Å². The lowest BCUT2D eigenvalue weighted by molar-refractivity contribution is 0.112. The van der Waals surface area contributed by atoms with E-state index < -0.39 is 0 Å². The molecule has 0 aliphatic heterocycles. The first-order valence-corrected chi connectivity index (χ1v) is 7.03. The standard InChI is InChI=1S/C15H28N2O2/c1-12(2)16-10-15-9-14(13(3)19-15)11-18-8-6-7-17(4)5/h9,12,16H,6-8,10-11H2,1-5H3. The molecule has 0 radical (unpaired) electrons. The van der Waals surface area contributed by atoms with Crippen LogP contribution in [0.25, 0.3) is 0 Å². The maximum absolute atomic E-state index is 5.71. The first-order valence-electron chi connectivity index (χ1n) is 7.03. The quantitative estimate of drug-likeness (QED) is 0.699. The third-order valence-electron chi connectivity index (χ3n) is 2.91. The highest BCUT2D eigenvalue weighted by atomic mass is 16.5. The SMILES string of the molecule is Cc1oc(CNC(C)C)cc1COCCCN(C)C. The molecule has 0 aromatic carbocycles. The first kappa shape index (κ1) is 16.2. The topological polar surface area (TPSA) is 37.6 Å². The number of rotatable bonds is 9. The highest BCUT2D eigenvalue weighted by Crippen LogP contribution is 2.15. The largest absolute Gasteiger partial charge is 0.465 e. The number of ether oxygens (including phenoxy) is 1. The van der Waals surface area contributed by atoms with Gasteiger partial charge in [-0.1, -0.05) is 13.8 Å². The van der Waals surface area contributed by atoms with Gasteiger partial charge in [0.25, 0.3) is 0 Å². The summed E-state index contributed by atoms with van der Waals surface area (Å²) in [5, 5.41) is 3.35. The maximum Gasteiger partial charge on any atom is 0.118 e. The summed E-state index contributed by atoms with van der Waals surface area (Å²) in [7, 11) is 4.16. The number of nitrogens with zero attached hydrogens (tertiary/aromatic N) is 1. The van der Waals surface area contributed by atoms with Gasteiger partial charge in [-0.25, -0.2) is 0 Å². The molecule has 0 fully saturated rings. The van der Waals surface area contributed by atoms with Crippen molar-refractivity contribution in [2.45, 2.75) is 46.4 Å². The Balaban J connectivity index is 2.29. The average Bonchev–Trinajstić information content (AvgIpc) is 2.67. The van der Waals surface area contributed by atoms with Gasteiger partial charge in [0.1, 0.15) is 11.5 Å². The van der Waals surface area contributed by atoms with E-state index in [0.29, 0.717) is 12.6 Å². The van der Waals surface area contributed by atoms with Crippen LogP contribution in [0.4, 0.5) is 0 Å². The summed E-state index contributed by atoms with van der Waals surface area (Å²) in [6.45, 7) is 9.53. The van der Waals surface area contributed by atoms with Crippen LogP contribution >= 0.6 is 0 Å². The second kappa shape index (κ2) is 8.35. The van der Waals surface area contributed by atoms with Crippen molar-refractivity contribution in [2.24, 2.45) is 0 Å². The summed E-state index contributed by atoms with van der Waals surface area (Å²) in [4.78, 5) is 2.17. The molecule has 1 rings (SSSR count). The molecule has 0 atom stereocenters. The Morgan fingerprint density at radius 3 is 2.74 bits per heavy atom. The molecule has 4 heteroatoms. The first-order chi connectivity index (χ1) is 8.99. The fourth-order valence-corrected chi connectivity index (χ4v) is 1.79. The fourth-order valence-electron chi connectivity index (χ4n) is 1.79. The molecule has 0 aliphatic carbocycles. The van der Waals surface area contributed by atoms with E-state index in [0.717, 1.165) is 43.2 Å². The molecule has 110 valence electrons. The number of hydrogen-bond acceptors (Lipinski definition) is 4. The second-order valence-electron chi connectivity index (χ2n) is 5.54. The van der Waals surface area contributed by atoms with Gasteiger partial charge >= 0.3 is 0 Å². The smallest absolute Gasteiger partial charge is 0.118 e. The lowest BCUT2D eigenvalue weighted by Crippen LogP contribution is -2.21. The van der Waals surface area contributed by atoms with Gasteiger partial charge in [0.15, 0.2) is 0 Å². The summed E-state index contributed by atoms with van der Waals surface area (Å²) in [5.74, 6) is 1.95. The van der Waals surface area contributed by atoms with Gasteiger partial charge in [-0.15, -0.1) is 0 Å². The zero-order chi connectivity index (χ0) is 14.3. The third-order valence-corrected chi connectivity index (χ3v) is 2.91. The highest BCUT2D eigenvalue weighted by Gasteiger charge is 2.07. The molecule has 19 heavy (non-hydrogen) atoms. The minimum atomic E-state index is 0.469. The Hall–Kier alpha value is -0.840. The molecule has 0 saturated carbocycles. The Kier molecular flexibility index (Phi) is 7.13. The van der Waals surface area contributed by atoms with Gasteiger partial charge in [0, 0.05) is 18.2 Å². The zero-order valence-electron chi connectivity index (χ0n) is 13.0. The van der Waals surface area contributed by atoms with Crippen LogP contribution in [0.5, 0.6) is 0 Å². The van der Waals surface area contributed by atoms with Gasteiger partial charge in [-0.3, -0.25) is 0 Å². The van der Waals surface area contributed by atoms with Crippen LogP contribution in [0.2, 0.25) is 0 Å². The third kappa shape index (κ3) is 6.76. The molecule has 0 aliphatic rings. The Morgan fingerprint density at radius 1 is 1.37 bits per heavy atom. The average molecular weight is 268 g/mol. The molecule has 0 spiro atoms. The summed E-state index contributed by atoms with van der Waals surface area (Å²) in [5.41, 5.74) is 1.16. The number of furan rings is 1. The van der Waals surface area contributed by atoms with Crippen molar-refractivity contribution in [3.63, 3.8) is 0 Å². The number of nitrogens with one attached hydrogen (secondary N) is 1. The summed E-state index contributed by atoms with van der Waals surface area (Å²) in [6, 6.07) is 2.56. The fraction of sp³-hybridized carbons (Fsp3) is 0.733. The summed E-state index contributed by atoms with van der Waals surface area (Å²) < 4.78 is 11.4. The molecule has 1 aromatic heterocycles. The van der Waals surface area contributed by atoms with Crippen molar-refractivity contribution in [1.29, 1.82) is 0 Å². The van der Waals surface area contributed by atoms with Crippen LogP contribution in [0, 0.1) is 6.92 Å². The Bertz CT molecular complexity index is 359. The van der Waals surface area contributed by atoms with Gasteiger partial charge in [-0.05, 0) is 40.1 Å². The van der Waals surface area contributed by atoms with Crippen molar-refractivity contribution >= 4 is 0 Å². The molecule has 0 amide bonds. The minimum absolute atomic E-state index is 0.469. The minimum Gasteiger partial charge on any atom is -0.465 e. The van der Waals surface area contributed by atoms with E-state index in [1.54, 1.807) is 0 Å². The highest BCUT2D eigenvalue weighted by molar-refractivity contribution is 5.19. The molecular formula is C15H28N2O2. The Labute approximate surface area is 117 Å². The number of aryl methyl sites for hydroxylation is 1. The van der Waals surface area contributed by atoms with Crippen molar-refractivity contribution in [2.75, 3.05) is 27.2 Å². The zero-order valence-corrected chi connectivity index (χ0v) is 13.0. The molecular weight excluding hydrogens is 240 g/mol. The molecule has 1 aromatic rings. The molecule has 0 unspecified atom stereocenters. The van der Waals surface area contributed by atoms with Crippen LogP contribution in [0.15, 0.2) is 10.5 Å². The lowest BCUT2D eigenvalue weighted by atomic mass is 10.2. The predicted octanol–water partition coefficient (Wildman–Crippen LogP) is 2.55.